The van der Waals surface area contributed by atoms with Crippen molar-refractivity contribution in [3.05, 3.63) is 57.8 Å². The Morgan fingerprint density at radius 1 is 1.32 bits per heavy atom. The molecule has 1 aliphatic heterocycles. The van der Waals surface area contributed by atoms with E-state index < -0.39 is 0 Å². The summed E-state index contributed by atoms with van der Waals surface area (Å²) in [6.07, 6.45) is 0.963. The quantitative estimate of drug-likeness (QED) is 0.874. The Hall–Kier alpha value is -1.65. The number of hydrogen-bond acceptors (Lipinski definition) is 4. The Balaban J connectivity index is 1.71. The van der Waals surface area contributed by atoms with Gasteiger partial charge in [-0.3, -0.25) is 0 Å². The van der Waals surface area contributed by atoms with Crippen LogP contribution in [0, 0.1) is 0 Å². The van der Waals surface area contributed by atoms with Crippen LogP contribution in [0.5, 0.6) is 0 Å². The van der Waals surface area contributed by atoms with Gasteiger partial charge in [0.05, 0.1) is 0 Å². The van der Waals surface area contributed by atoms with E-state index in [0.717, 1.165) is 23.4 Å². The van der Waals surface area contributed by atoms with Crippen molar-refractivity contribution >= 4 is 17.3 Å². The van der Waals surface area contributed by atoms with Crippen LogP contribution in [0.4, 0.5) is 0 Å². The van der Waals surface area contributed by atoms with Crippen molar-refractivity contribution in [2.75, 3.05) is 6.54 Å². The van der Waals surface area contributed by atoms with Gasteiger partial charge in [-0.25, -0.2) is 4.79 Å². The van der Waals surface area contributed by atoms with E-state index in [4.69, 9.17) is 4.74 Å². The van der Waals surface area contributed by atoms with E-state index in [9.17, 15) is 4.79 Å². The summed E-state index contributed by atoms with van der Waals surface area (Å²) in [6, 6.07) is 11.7. The molecule has 2 heterocycles. The second-order valence-electron chi connectivity index (χ2n) is 4.52. The molecule has 0 aliphatic carbocycles. The average Bonchev–Trinajstić information content (AvgIpc) is 2.97. The molecule has 3 nitrogen and oxygen atoms in total. The summed E-state index contributed by atoms with van der Waals surface area (Å²) in [4.78, 5) is 13.2. The number of fused-ring (bicyclic) bond motifs is 1. The monoisotopic (exact) mass is 273 g/mol. The van der Waals surface area contributed by atoms with Gasteiger partial charge in [0.2, 0.25) is 0 Å². The summed E-state index contributed by atoms with van der Waals surface area (Å²) in [6.45, 7) is 1.17. The van der Waals surface area contributed by atoms with Crippen LogP contribution in [0.3, 0.4) is 0 Å². The molecule has 4 heteroatoms. The minimum Gasteiger partial charge on any atom is -0.459 e. The van der Waals surface area contributed by atoms with Crippen molar-refractivity contribution in [2.24, 2.45) is 0 Å². The molecule has 0 bridgehead atoms. The summed E-state index contributed by atoms with van der Waals surface area (Å²) in [5, 5.41) is 5.22. The first-order valence-corrected chi connectivity index (χ1v) is 7.23. The number of nitrogens with one attached hydrogen (secondary N) is 1. The van der Waals surface area contributed by atoms with Gasteiger partial charge in [-0.2, -0.15) is 0 Å². The molecule has 1 N–H and O–H groups in total. The maximum absolute atomic E-state index is 12.2. The number of carbonyl (C=O) groups excluding carboxylic acids is 1. The lowest BCUT2D eigenvalue weighted by Gasteiger charge is -2.25. The predicted octanol–water partition coefficient (Wildman–Crippen LogP) is 2.68. The lowest BCUT2D eigenvalue weighted by atomic mass is 9.94. The molecule has 1 aliphatic rings. The minimum atomic E-state index is -0.329. The number of carbonyl (C=O) groups is 1. The fourth-order valence-corrected chi connectivity index (χ4v) is 2.95. The van der Waals surface area contributed by atoms with E-state index in [1.54, 1.807) is 11.3 Å². The molecule has 0 fully saturated rings. The molecule has 1 atom stereocenters. The average molecular weight is 273 g/mol. The van der Waals surface area contributed by atoms with E-state index in [1.807, 2.05) is 35.7 Å². The molecular formula is C15H15NO2S. The molecule has 98 valence electrons. The Morgan fingerprint density at radius 3 is 3.05 bits per heavy atom. The largest absolute Gasteiger partial charge is 0.459 e. The highest BCUT2D eigenvalue weighted by molar-refractivity contribution is 7.09. The fraction of sp³-hybridized carbons (Fsp3) is 0.267. The second-order valence-corrected chi connectivity index (χ2v) is 5.56. The molecule has 1 aromatic heterocycles. The lowest BCUT2D eigenvalue weighted by molar-refractivity contribution is -0.147. The summed E-state index contributed by atoms with van der Waals surface area (Å²) in [5.74, 6) is -0.194. The molecular weight excluding hydrogens is 258 g/mol. The SMILES string of the molecule is O=C(OCc1cccs1)C1NCCc2ccccc21. The van der Waals surface area contributed by atoms with Crippen molar-refractivity contribution in [2.45, 2.75) is 19.1 Å². The van der Waals surface area contributed by atoms with Crippen LogP contribution in [-0.2, 0) is 22.6 Å². The predicted molar refractivity (Wildman–Crippen MR) is 75.0 cm³/mol. The van der Waals surface area contributed by atoms with Gasteiger partial charge >= 0.3 is 5.97 Å². The number of thiophene rings is 1. The third-order valence-electron chi connectivity index (χ3n) is 3.28. The van der Waals surface area contributed by atoms with E-state index in [1.165, 1.54) is 5.56 Å². The first-order valence-electron chi connectivity index (χ1n) is 6.35. The molecule has 2 aromatic rings. The molecule has 3 rings (SSSR count). The second kappa shape index (κ2) is 5.55. The first kappa shape index (κ1) is 12.4. The van der Waals surface area contributed by atoms with Gasteiger partial charge in [-0.05, 0) is 29.0 Å². The fourth-order valence-electron chi connectivity index (χ4n) is 2.34. The van der Waals surface area contributed by atoms with Crippen molar-refractivity contribution in [1.29, 1.82) is 0 Å². The van der Waals surface area contributed by atoms with Crippen LogP contribution in [-0.4, -0.2) is 12.5 Å². The van der Waals surface area contributed by atoms with Crippen LogP contribution in [0.1, 0.15) is 22.0 Å². The summed E-state index contributed by atoms with van der Waals surface area (Å²) in [7, 11) is 0. The summed E-state index contributed by atoms with van der Waals surface area (Å²) >= 11 is 1.60. The van der Waals surface area contributed by atoms with Gasteiger partial charge in [0, 0.05) is 11.4 Å². The van der Waals surface area contributed by atoms with Gasteiger partial charge in [0.1, 0.15) is 12.6 Å². The van der Waals surface area contributed by atoms with Crippen molar-refractivity contribution < 1.29 is 9.53 Å². The molecule has 0 amide bonds. The third kappa shape index (κ3) is 2.69. The van der Waals surface area contributed by atoms with Crippen LogP contribution in [0.25, 0.3) is 0 Å². The Morgan fingerprint density at radius 2 is 2.21 bits per heavy atom. The maximum Gasteiger partial charge on any atom is 0.328 e. The third-order valence-corrected chi connectivity index (χ3v) is 4.13. The smallest absolute Gasteiger partial charge is 0.328 e. The van der Waals surface area contributed by atoms with Gasteiger partial charge in [-0.15, -0.1) is 11.3 Å². The normalized spacial score (nSPS) is 17.8. The summed E-state index contributed by atoms with van der Waals surface area (Å²) < 4.78 is 5.39. The van der Waals surface area contributed by atoms with Crippen molar-refractivity contribution in [3.63, 3.8) is 0 Å². The molecule has 0 radical (unpaired) electrons. The molecule has 0 saturated heterocycles. The molecule has 19 heavy (non-hydrogen) atoms. The lowest BCUT2D eigenvalue weighted by Crippen LogP contribution is -2.36. The first-order chi connectivity index (χ1) is 9.34. The van der Waals surface area contributed by atoms with Crippen molar-refractivity contribution in [1.82, 2.24) is 5.32 Å². The zero-order valence-corrected chi connectivity index (χ0v) is 11.3. The molecule has 0 spiro atoms. The zero-order valence-electron chi connectivity index (χ0n) is 10.5. The van der Waals surface area contributed by atoms with Crippen LogP contribution >= 0.6 is 11.3 Å². The number of hydrogen-bond donors (Lipinski definition) is 1. The highest BCUT2D eigenvalue weighted by atomic mass is 32.1. The van der Waals surface area contributed by atoms with Gasteiger partial charge in [0.15, 0.2) is 0 Å². The number of rotatable bonds is 3. The standard InChI is InChI=1S/C15H15NO2S/c17-15(18-10-12-5-3-9-19-12)14-13-6-2-1-4-11(13)7-8-16-14/h1-6,9,14,16H,7-8,10H2. The number of benzene rings is 1. The Kier molecular flexibility index (Phi) is 3.62. The molecule has 1 unspecified atom stereocenters. The Bertz CT molecular complexity index is 565. The highest BCUT2D eigenvalue weighted by Crippen LogP contribution is 2.24. The molecule has 1 aromatic carbocycles. The van der Waals surface area contributed by atoms with Gasteiger partial charge in [-0.1, -0.05) is 30.3 Å². The van der Waals surface area contributed by atoms with Crippen LogP contribution in [0.2, 0.25) is 0 Å². The zero-order chi connectivity index (χ0) is 13.1. The summed E-state index contributed by atoms with van der Waals surface area (Å²) in [5.41, 5.74) is 2.28. The van der Waals surface area contributed by atoms with E-state index in [0.29, 0.717) is 6.61 Å². The Labute approximate surface area is 116 Å². The van der Waals surface area contributed by atoms with E-state index in [2.05, 4.69) is 11.4 Å². The van der Waals surface area contributed by atoms with Crippen LogP contribution in [0.15, 0.2) is 41.8 Å². The number of esters is 1. The molecule has 0 saturated carbocycles. The number of ether oxygens (including phenoxy) is 1. The van der Waals surface area contributed by atoms with E-state index in [-0.39, 0.29) is 12.0 Å². The van der Waals surface area contributed by atoms with Gasteiger partial charge in [0.25, 0.3) is 0 Å². The minimum absolute atomic E-state index is 0.194. The van der Waals surface area contributed by atoms with Crippen LogP contribution < -0.4 is 5.32 Å². The van der Waals surface area contributed by atoms with Crippen molar-refractivity contribution in [3.8, 4) is 0 Å². The van der Waals surface area contributed by atoms with E-state index >= 15 is 0 Å². The highest BCUT2D eigenvalue weighted by Gasteiger charge is 2.26. The topological polar surface area (TPSA) is 38.3 Å². The maximum atomic E-state index is 12.2. The van der Waals surface area contributed by atoms with Gasteiger partial charge < -0.3 is 10.1 Å².